The van der Waals surface area contributed by atoms with Gasteiger partial charge in [-0.2, -0.15) is 15.5 Å². The third-order valence-electron chi connectivity index (χ3n) is 6.02. The minimum atomic E-state index is -0.710. The topological polar surface area (TPSA) is 143 Å². The molecule has 1 aromatic carbocycles. The maximum Gasteiger partial charge on any atom is 0.407 e. The van der Waals surface area contributed by atoms with Crippen LogP contribution in [0.2, 0.25) is 0 Å². The van der Waals surface area contributed by atoms with E-state index in [1.807, 2.05) is 43.3 Å². The summed E-state index contributed by atoms with van der Waals surface area (Å²) < 4.78 is 20.7. The van der Waals surface area contributed by atoms with Crippen molar-refractivity contribution in [2.75, 3.05) is 10.6 Å². The minimum absolute atomic E-state index is 0.00641. The molecule has 2 atom stereocenters. The molecule has 4 rings (SSSR count). The van der Waals surface area contributed by atoms with Gasteiger partial charge in [0.15, 0.2) is 17.5 Å². The van der Waals surface area contributed by atoms with Crippen molar-refractivity contribution in [3.05, 3.63) is 83.7 Å². The molecule has 3 heterocycles. The van der Waals surface area contributed by atoms with Crippen LogP contribution in [0.25, 0.3) is 5.69 Å². The molecule has 3 N–H and O–H groups in total. The van der Waals surface area contributed by atoms with E-state index in [0.29, 0.717) is 23.5 Å². The number of anilines is 3. The molecule has 41 heavy (non-hydrogen) atoms. The van der Waals surface area contributed by atoms with Crippen molar-refractivity contribution in [3.8, 4) is 11.8 Å². The molecule has 0 fully saturated rings. The van der Waals surface area contributed by atoms with Crippen molar-refractivity contribution in [1.29, 1.82) is 5.26 Å². The number of halogens is 1. The molecule has 3 aromatic heterocycles. The summed E-state index contributed by atoms with van der Waals surface area (Å²) in [6.07, 6.45) is 4.54. The molecule has 11 nitrogen and oxygen atoms in total. The molecule has 0 unspecified atom stereocenters. The third-order valence-corrected chi connectivity index (χ3v) is 6.02. The summed E-state index contributed by atoms with van der Waals surface area (Å²) in [5.41, 5.74) is 2.13. The number of benzene rings is 1. The Balaban J connectivity index is 1.63. The predicted molar refractivity (Wildman–Crippen MR) is 152 cm³/mol. The van der Waals surface area contributed by atoms with Gasteiger partial charge in [0.1, 0.15) is 17.4 Å². The van der Waals surface area contributed by atoms with Gasteiger partial charge < -0.3 is 20.7 Å². The fraction of sp³-hybridized carbons (Fsp3) is 0.310. The number of nitrogens with one attached hydrogen (secondary N) is 3. The second-order valence-electron chi connectivity index (χ2n) is 10.5. The minimum Gasteiger partial charge on any atom is -0.444 e. The first-order valence-corrected chi connectivity index (χ1v) is 13.0. The average molecular weight is 558 g/mol. The van der Waals surface area contributed by atoms with Crippen molar-refractivity contribution in [2.24, 2.45) is 0 Å². The SMILES string of the molecule is Cc1ncc(Nc2nc(N[C@H](Cc3ccccc3)[C@H](C)NC(=O)OC(C)(C)C)c(F)cc2C#N)cc1-n1nccn1. The van der Waals surface area contributed by atoms with E-state index in [9.17, 15) is 10.1 Å². The highest BCUT2D eigenvalue weighted by molar-refractivity contribution is 5.69. The lowest BCUT2D eigenvalue weighted by Gasteiger charge is -2.28. The van der Waals surface area contributed by atoms with Crippen LogP contribution in [0.5, 0.6) is 0 Å². The van der Waals surface area contributed by atoms with E-state index in [4.69, 9.17) is 4.74 Å². The molecule has 0 bridgehead atoms. The Hall–Kier alpha value is -5.05. The number of hydrogen-bond donors (Lipinski definition) is 3. The van der Waals surface area contributed by atoms with Gasteiger partial charge in [-0.05, 0) is 58.7 Å². The first-order chi connectivity index (χ1) is 19.5. The fourth-order valence-electron chi connectivity index (χ4n) is 4.03. The van der Waals surface area contributed by atoms with Gasteiger partial charge in [-0.15, -0.1) is 4.80 Å². The van der Waals surface area contributed by atoms with Gasteiger partial charge in [0, 0.05) is 6.04 Å². The lowest BCUT2D eigenvalue weighted by Crippen LogP contribution is -2.47. The quantitative estimate of drug-likeness (QED) is 0.257. The third kappa shape index (κ3) is 7.76. The molecular weight excluding hydrogens is 525 g/mol. The van der Waals surface area contributed by atoms with Crippen LogP contribution < -0.4 is 16.0 Å². The van der Waals surface area contributed by atoms with E-state index >= 15 is 4.39 Å². The number of nitriles is 1. The number of rotatable bonds is 9. The molecule has 4 aromatic rings. The lowest BCUT2D eigenvalue weighted by molar-refractivity contribution is 0.0503. The predicted octanol–water partition coefficient (Wildman–Crippen LogP) is 5.06. The van der Waals surface area contributed by atoms with Crippen LogP contribution in [0, 0.1) is 24.1 Å². The van der Waals surface area contributed by atoms with Crippen LogP contribution in [0.1, 0.15) is 44.5 Å². The van der Waals surface area contributed by atoms with Crippen LogP contribution in [-0.2, 0) is 11.2 Å². The van der Waals surface area contributed by atoms with E-state index < -0.39 is 29.6 Å². The number of aryl methyl sites for hydroxylation is 1. The Morgan fingerprint density at radius 1 is 1.15 bits per heavy atom. The van der Waals surface area contributed by atoms with Crippen molar-refractivity contribution in [1.82, 2.24) is 30.3 Å². The molecule has 1 amide bonds. The number of carbonyl (C=O) groups excluding carboxylic acids is 1. The van der Waals surface area contributed by atoms with Crippen molar-refractivity contribution in [3.63, 3.8) is 0 Å². The molecule has 0 aliphatic carbocycles. The number of nitrogens with zero attached hydrogens (tertiary/aromatic N) is 6. The Labute approximate surface area is 237 Å². The van der Waals surface area contributed by atoms with Gasteiger partial charge in [0.2, 0.25) is 0 Å². The first-order valence-electron chi connectivity index (χ1n) is 13.0. The Morgan fingerprint density at radius 2 is 1.85 bits per heavy atom. The van der Waals surface area contributed by atoms with Crippen LogP contribution in [-0.4, -0.2) is 48.7 Å². The smallest absolute Gasteiger partial charge is 0.407 e. The van der Waals surface area contributed by atoms with Crippen molar-refractivity contribution >= 4 is 23.4 Å². The lowest BCUT2D eigenvalue weighted by atomic mass is 10.0. The van der Waals surface area contributed by atoms with Gasteiger partial charge >= 0.3 is 6.09 Å². The summed E-state index contributed by atoms with van der Waals surface area (Å²) in [5, 5.41) is 27.0. The number of ether oxygens (including phenoxy) is 1. The summed E-state index contributed by atoms with van der Waals surface area (Å²) in [5.74, 6) is -0.662. The number of carbonyl (C=O) groups is 1. The molecule has 0 saturated carbocycles. The van der Waals surface area contributed by atoms with Crippen LogP contribution in [0.4, 0.5) is 26.5 Å². The van der Waals surface area contributed by atoms with Gasteiger partial charge in [-0.25, -0.2) is 14.2 Å². The number of aromatic nitrogens is 5. The van der Waals surface area contributed by atoms with E-state index in [2.05, 4.69) is 36.1 Å². The Kier molecular flexibility index (Phi) is 8.77. The largest absolute Gasteiger partial charge is 0.444 e. The summed E-state index contributed by atoms with van der Waals surface area (Å²) >= 11 is 0. The maximum atomic E-state index is 15.3. The zero-order chi connectivity index (χ0) is 29.6. The zero-order valence-corrected chi connectivity index (χ0v) is 23.5. The number of hydrogen-bond acceptors (Lipinski definition) is 9. The highest BCUT2D eigenvalue weighted by Crippen LogP contribution is 2.26. The Morgan fingerprint density at radius 3 is 2.51 bits per heavy atom. The molecule has 0 saturated heterocycles. The van der Waals surface area contributed by atoms with Crippen LogP contribution in [0.15, 0.2) is 61.1 Å². The number of alkyl carbamates (subject to hydrolysis) is 1. The molecular formula is C29H32FN9O2. The van der Waals surface area contributed by atoms with E-state index in [1.165, 1.54) is 4.80 Å². The molecule has 0 radical (unpaired) electrons. The second kappa shape index (κ2) is 12.4. The fourth-order valence-corrected chi connectivity index (χ4v) is 4.03. The van der Waals surface area contributed by atoms with Crippen LogP contribution >= 0.6 is 0 Å². The maximum absolute atomic E-state index is 15.3. The van der Waals surface area contributed by atoms with Gasteiger partial charge in [-0.1, -0.05) is 30.3 Å². The summed E-state index contributed by atoms with van der Waals surface area (Å²) in [6.45, 7) is 8.95. The first kappa shape index (κ1) is 28.9. The van der Waals surface area contributed by atoms with Crippen LogP contribution in [0.3, 0.4) is 0 Å². The van der Waals surface area contributed by atoms with E-state index in [-0.39, 0.29) is 17.2 Å². The van der Waals surface area contributed by atoms with E-state index in [1.54, 1.807) is 52.4 Å². The van der Waals surface area contributed by atoms with Gasteiger partial charge in [-0.3, -0.25) is 4.98 Å². The normalized spacial score (nSPS) is 12.6. The number of pyridine rings is 2. The molecule has 0 spiro atoms. The average Bonchev–Trinajstić information content (AvgIpc) is 3.45. The van der Waals surface area contributed by atoms with Crippen molar-refractivity contribution < 1.29 is 13.9 Å². The molecule has 12 heteroatoms. The number of amides is 1. The van der Waals surface area contributed by atoms with Crippen molar-refractivity contribution in [2.45, 2.75) is 58.7 Å². The monoisotopic (exact) mass is 557 g/mol. The summed E-state index contributed by atoms with van der Waals surface area (Å²) in [6, 6.07) is 13.5. The highest BCUT2D eigenvalue weighted by Gasteiger charge is 2.25. The summed E-state index contributed by atoms with van der Waals surface area (Å²) in [7, 11) is 0. The summed E-state index contributed by atoms with van der Waals surface area (Å²) in [4.78, 5) is 22.7. The molecule has 0 aliphatic heterocycles. The molecule has 212 valence electrons. The Bertz CT molecular complexity index is 1530. The molecule has 0 aliphatic rings. The highest BCUT2D eigenvalue weighted by atomic mass is 19.1. The standard InChI is InChI=1S/C29H32FN9O2/c1-18(35-28(40)41-29(3,4)5)24(13-20-9-7-6-8-10-20)37-27-23(30)14-21(16-31)26(38-27)36-22-15-25(19(2)32-17-22)39-33-11-12-34-39/h6-12,14-15,17-18,24H,13H2,1-5H3,(H,35,40)(H2,36,37,38)/t18-,24+/m0/s1. The second-order valence-corrected chi connectivity index (χ2v) is 10.5. The zero-order valence-electron chi connectivity index (χ0n) is 23.5. The van der Waals surface area contributed by atoms with Gasteiger partial charge in [0.05, 0.1) is 41.6 Å². The van der Waals surface area contributed by atoms with E-state index in [0.717, 1.165) is 11.6 Å². The van der Waals surface area contributed by atoms with Gasteiger partial charge in [0.25, 0.3) is 0 Å².